The average molecular weight is 382 g/mol. The van der Waals surface area contributed by atoms with Crippen LogP contribution in [0.25, 0.3) is 11.3 Å². The minimum absolute atomic E-state index is 0.0367. The summed E-state index contributed by atoms with van der Waals surface area (Å²) >= 11 is 0. The van der Waals surface area contributed by atoms with Crippen molar-refractivity contribution >= 4 is 6.01 Å². The molecule has 0 unspecified atom stereocenters. The van der Waals surface area contributed by atoms with E-state index in [-0.39, 0.29) is 5.56 Å². The summed E-state index contributed by atoms with van der Waals surface area (Å²) in [6, 6.07) is 5.81. The SMILES string of the molecule is COCc1noc(N2CCC(Cn3cnc(-c4ccncc4)cc3=O)CC2)n1. The molecule has 0 aromatic carbocycles. The van der Waals surface area contributed by atoms with E-state index in [0.29, 0.717) is 36.6 Å². The van der Waals surface area contributed by atoms with Gasteiger partial charge in [-0.05, 0) is 30.9 Å². The molecule has 4 rings (SSSR count). The molecule has 0 aliphatic carbocycles. The van der Waals surface area contributed by atoms with Crippen LogP contribution in [0.4, 0.5) is 6.01 Å². The fourth-order valence-electron chi connectivity index (χ4n) is 3.39. The van der Waals surface area contributed by atoms with Crippen molar-refractivity contribution in [2.75, 3.05) is 25.1 Å². The van der Waals surface area contributed by atoms with Crippen molar-refractivity contribution < 1.29 is 9.26 Å². The van der Waals surface area contributed by atoms with Crippen molar-refractivity contribution in [1.82, 2.24) is 24.7 Å². The molecule has 1 aliphatic heterocycles. The van der Waals surface area contributed by atoms with E-state index in [1.807, 2.05) is 12.1 Å². The Kier molecular flexibility index (Phi) is 5.43. The maximum Gasteiger partial charge on any atom is 0.324 e. The third kappa shape index (κ3) is 4.09. The lowest BCUT2D eigenvalue weighted by molar-refractivity contribution is 0.174. The van der Waals surface area contributed by atoms with Crippen molar-refractivity contribution in [3.8, 4) is 11.3 Å². The second kappa shape index (κ2) is 8.30. The number of pyridine rings is 1. The van der Waals surface area contributed by atoms with Crippen LogP contribution in [0.5, 0.6) is 0 Å². The molecule has 28 heavy (non-hydrogen) atoms. The van der Waals surface area contributed by atoms with E-state index >= 15 is 0 Å². The Balaban J connectivity index is 1.36. The number of aromatic nitrogens is 5. The van der Waals surface area contributed by atoms with Crippen LogP contribution in [-0.4, -0.2) is 44.9 Å². The van der Waals surface area contributed by atoms with E-state index in [1.54, 1.807) is 36.5 Å². The quantitative estimate of drug-likeness (QED) is 0.636. The highest BCUT2D eigenvalue weighted by atomic mass is 16.5. The summed E-state index contributed by atoms with van der Waals surface area (Å²) in [5, 5.41) is 3.90. The molecule has 0 spiro atoms. The molecule has 0 saturated carbocycles. The minimum atomic E-state index is -0.0367. The summed E-state index contributed by atoms with van der Waals surface area (Å²) in [6.07, 6.45) is 6.91. The van der Waals surface area contributed by atoms with Crippen LogP contribution >= 0.6 is 0 Å². The van der Waals surface area contributed by atoms with Crippen LogP contribution in [0, 0.1) is 5.92 Å². The third-order valence-corrected chi connectivity index (χ3v) is 4.93. The predicted molar refractivity (Wildman–Crippen MR) is 102 cm³/mol. The maximum atomic E-state index is 12.5. The zero-order valence-electron chi connectivity index (χ0n) is 15.7. The molecule has 0 bridgehead atoms. The van der Waals surface area contributed by atoms with Gasteiger partial charge in [0.05, 0.1) is 12.0 Å². The summed E-state index contributed by atoms with van der Waals surface area (Å²) < 4.78 is 12.0. The van der Waals surface area contributed by atoms with Crippen LogP contribution in [0.15, 0.2) is 46.2 Å². The van der Waals surface area contributed by atoms with Gasteiger partial charge in [-0.2, -0.15) is 4.98 Å². The van der Waals surface area contributed by atoms with Gasteiger partial charge in [-0.1, -0.05) is 5.16 Å². The molecule has 1 aliphatic rings. The highest BCUT2D eigenvalue weighted by Gasteiger charge is 2.23. The van der Waals surface area contributed by atoms with Crippen LogP contribution in [0.1, 0.15) is 18.7 Å². The first-order valence-corrected chi connectivity index (χ1v) is 9.26. The largest absolute Gasteiger partial charge is 0.377 e. The molecule has 146 valence electrons. The third-order valence-electron chi connectivity index (χ3n) is 4.93. The average Bonchev–Trinajstić information content (AvgIpc) is 3.20. The fourth-order valence-corrected chi connectivity index (χ4v) is 3.39. The number of ether oxygens (including phenoxy) is 1. The molecule has 0 N–H and O–H groups in total. The lowest BCUT2D eigenvalue weighted by atomic mass is 9.97. The maximum absolute atomic E-state index is 12.5. The Morgan fingerprint density at radius 2 is 2.04 bits per heavy atom. The molecule has 0 amide bonds. The second-order valence-corrected chi connectivity index (χ2v) is 6.86. The van der Waals surface area contributed by atoms with Gasteiger partial charge in [0.25, 0.3) is 5.56 Å². The number of hydrogen-bond donors (Lipinski definition) is 0. The monoisotopic (exact) mass is 382 g/mol. The number of methoxy groups -OCH3 is 1. The van der Waals surface area contributed by atoms with E-state index in [2.05, 4.69) is 25.0 Å². The summed E-state index contributed by atoms with van der Waals surface area (Å²) in [4.78, 5) is 27.3. The molecule has 9 nitrogen and oxygen atoms in total. The van der Waals surface area contributed by atoms with Gasteiger partial charge in [0, 0.05) is 50.8 Å². The van der Waals surface area contributed by atoms with Crippen molar-refractivity contribution in [3.63, 3.8) is 0 Å². The first-order chi connectivity index (χ1) is 13.7. The van der Waals surface area contributed by atoms with Crippen molar-refractivity contribution in [3.05, 3.63) is 53.1 Å². The van der Waals surface area contributed by atoms with E-state index in [1.165, 1.54) is 0 Å². The summed E-state index contributed by atoms with van der Waals surface area (Å²) in [6.45, 7) is 2.63. The van der Waals surface area contributed by atoms with Crippen molar-refractivity contribution in [1.29, 1.82) is 0 Å². The Morgan fingerprint density at radius 1 is 1.25 bits per heavy atom. The first kappa shape index (κ1) is 18.3. The molecular formula is C19H22N6O3. The number of piperidine rings is 1. The van der Waals surface area contributed by atoms with E-state index < -0.39 is 0 Å². The summed E-state index contributed by atoms with van der Waals surface area (Å²) in [5.74, 6) is 0.954. The number of anilines is 1. The Hall–Kier alpha value is -3.07. The van der Waals surface area contributed by atoms with E-state index in [4.69, 9.17) is 9.26 Å². The zero-order valence-corrected chi connectivity index (χ0v) is 15.7. The highest BCUT2D eigenvalue weighted by Crippen LogP contribution is 2.23. The normalized spacial score (nSPS) is 15.1. The molecular weight excluding hydrogens is 360 g/mol. The number of hydrogen-bond acceptors (Lipinski definition) is 8. The van der Waals surface area contributed by atoms with Crippen molar-refractivity contribution in [2.24, 2.45) is 5.92 Å². The molecule has 0 atom stereocenters. The van der Waals surface area contributed by atoms with Gasteiger partial charge in [-0.25, -0.2) is 4.98 Å². The van der Waals surface area contributed by atoms with Gasteiger partial charge in [-0.3, -0.25) is 14.3 Å². The molecule has 0 radical (unpaired) electrons. The Labute approximate surface area is 162 Å². The number of nitrogens with zero attached hydrogens (tertiary/aromatic N) is 6. The summed E-state index contributed by atoms with van der Waals surface area (Å²) in [7, 11) is 1.60. The van der Waals surface area contributed by atoms with Crippen LogP contribution in [-0.2, 0) is 17.9 Å². The smallest absolute Gasteiger partial charge is 0.324 e. The lowest BCUT2D eigenvalue weighted by Crippen LogP contribution is -2.36. The number of rotatable bonds is 6. The zero-order chi connectivity index (χ0) is 19.3. The first-order valence-electron chi connectivity index (χ1n) is 9.26. The summed E-state index contributed by atoms with van der Waals surface area (Å²) in [5.41, 5.74) is 1.52. The van der Waals surface area contributed by atoms with Gasteiger partial charge in [0.1, 0.15) is 6.61 Å². The van der Waals surface area contributed by atoms with Gasteiger partial charge < -0.3 is 14.2 Å². The minimum Gasteiger partial charge on any atom is -0.377 e. The van der Waals surface area contributed by atoms with Gasteiger partial charge in [-0.15, -0.1) is 0 Å². The predicted octanol–water partition coefficient (Wildman–Crippen LogP) is 1.75. The van der Waals surface area contributed by atoms with Crippen LogP contribution in [0.2, 0.25) is 0 Å². The molecule has 3 aromatic rings. The molecule has 4 heterocycles. The van der Waals surface area contributed by atoms with Crippen LogP contribution in [0.3, 0.4) is 0 Å². The van der Waals surface area contributed by atoms with Gasteiger partial charge >= 0.3 is 6.01 Å². The molecule has 3 aromatic heterocycles. The standard InChI is InChI=1S/C19H22N6O3/c1-27-12-17-22-19(28-23-17)24-8-4-14(5-9-24)11-25-13-21-16(10-18(25)26)15-2-6-20-7-3-15/h2-3,6-7,10,13-14H,4-5,8-9,11-12H2,1H3. The van der Waals surface area contributed by atoms with Crippen LogP contribution < -0.4 is 10.5 Å². The second-order valence-electron chi connectivity index (χ2n) is 6.86. The van der Waals surface area contributed by atoms with E-state index in [0.717, 1.165) is 31.5 Å². The Morgan fingerprint density at radius 3 is 2.75 bits per heavy atom. The topological polar surface area (TPSA) is 99.2 Å². The van der Waals surface area contributed by atoms with Gasteiger partial charge in [0.15, 0.2) is 5.82 Å². The van der Waals surface area contributed by atoms with E-state index in [9.17, 15) is 4.79 Å². The Bertz CT molecular complexity index is 963. The molecule has 9 heteroatoms. The van der Waals surface area contributed by atoms with Crippen molar-refractivity contribution in [2.45, 2.75) is 26.0 Å². The highest BCUT2D eigenvalue weighted by molar-refractivity contribution is 5.57. The van der Waals surface area contributed by atoms with Gasteiger partial charge in [0.2, 0.25) is 0 Å². The fraction of sp³-hybridized carbons (Fsp3) is 0.421. The molecule has 1 fully saturated rings. The lowest BCUT2D eigenvalue weighted by Gasteiger charge is -2.30. The molecule has 1 saturated heterocycles.